The van der Waals surface area contributed by atoms with Crippen molar-refractivity contribution in [3.05, 3.63) is 72.9 Å². The van der Waals surface area contributed by atoms with Crippen LogP contribution in [0.5, 0.6) is 0 Å². The van der Waals surface area contributed by atoms with Gasteiger partial charge in [-0.15, -0.1) is 0 Å². The van der Waals surface area contributed by atoms with Gasteiger partial charge in [-0.2, -0.15) is 0 Å². The number of rotatable bonds is 70. The van der Waals surface area contributed by atoms with Crippen molar-refractivity contribution in [1.82, 2.24) is 0 Å². The van der Waals surface area contributed by atoms with Crippen molar-refractivity contribution < 1.29 is 42.1 Å². The van der Waals surface area contributed by atoms with Crippen LogP contribution in [0.15, 0.2) is 72.9 Å². The first-order valence-electron chi connectivity index (χ1n) is 37.7. The molecule has 2 unspecified atom stereocenters. The Hall–Kier alpha value is -2.55. The second kappa shape index (κ2) is 68.8. The smallest absolute Gasteiger partial charge is 0.462 e. The molecule has 9 nitrogen and oxygen atoms in total. The highest BCUT2D eigenvalue weighted by Crippen LogP contribution is 2.43. The molecule has 88 heavy (non-hydrogen) atoms. The first kappa shape index (κ1) is 85.5. The van der Waals surface area contributed by atoms with Crippen LogP contribution in [0.2, 0.25) is 0 Å². The van der Waals surface area contributed by atoms with E-state index in [1.807, 2.05) is 21.1 Å². The van der Waals surface area contributed by atoms with E-state index in [9.17, 15) is 19.0 Å². The quantitative estimate of drug-likeness (QED) is 0.0211. The molecule has 10 heteroatoms. The Balaban J connectivity index is 3.95. The van der Waals surface area contributed by atoms with Crippen LogP contribution in [0.3, 0.4) is 0 Å². The zero-order chi connectivity index (χ0) is 64.1. The number of carbonyl (C=O) groups is 2. The lowest BCUT2D eigenvalue weighted by Crippen LogP contribution is -2.37. The highest BCUT2D eigenvalue weighted by Gasteiger charge is 2.27. The number of phosphoric acid groups is 1. The summed E-state index contributed by atoms with van der Waals surface area (Å²) >= 11 is 0. The van der Waals surface area contributed by atoms with Gasteiger partial charge in [-0.1, -0.05) is 337 Å². The fraction of sp³-hybridized carbons (Fsp3) is 0.821. The number of esters is 2. The van der Waals surface area contributed by atoms with Gasteiger partial charge in [0.2, 0.25) is 0 Å². The van der Waals surface area contributed by atoms with Crippen LogP contribution in [0, 0.1) is 0 Å². The van der Waals surface area contributed by atoms with Crippen LogP contribution in [0.4, 0.5) is 0 Å². The number of ether oxygens (including phenoxy) is 2. The van der Waals surface area contributed by atoms with E-state index in [1.54, 1.807) is 0 Å². The number of nitrogens with zero attached hydrogens (tertiary/aromatic N) is 1. The van der Waals surface area contributed by atoms with Gasteiger partial charge in [-0.05, 0) is 83.5 Å². The van der Waals surface area contributed by atoms with Gasteiger partial charge >= 0.3 is 19.8 Å². The number of unbranched alkanes of at least 4 members (excludes halogenated alkanes) is 44. The number of hydrogen-bond donors (Lipinski definition) is 1. The molecule has 0 aliphatic heterocycles. The maximum absolute atomic E-state index is 12.9. The summed E-state index contributed by atoms with van der Waals surface area (Å²) in [6.07, 6.45) is 93.2. The Labute approximate surface area is 546 Å². The van der Waals surface area contributed by atoms with Crippen molar-refractivity contribution >= 4 is 19.8 Å². The normalized spacial score (nSPS) is 13.5. The van der Waals surface area contributed by atoms with E-state index in [-0.39, 0.29) is 25.6 Å². The van der Waals surface area contributed by atoms with Crippen LogP contribution in [0.1, 0.15) is 361 Å². The minimum Gasteiger partial charge on any atom is -0.462 e. The fourth-order valence-electron chi connectivity index (χ4n) is 11.0. The van der Waals surface area contributed by atoms with E-state index in [4.69, 9.17) is 18.5 Å². The highest BCUT2D eigenvalue weighted by atomic mass is 31.2. The van der Waals surface area contributed by atoms with Crippen molar-refractivity contribution in [2.75, 3.05) is 47.5 Å². The van der Waals surface area contributed by atoms with Gasteiger partial charge < -0.3 is 18.9 Å². The van der Waals surface area contributed by atoms with Gasteiger partial charge in [-0.3, -0.25) is 18.6 Å². The van der Waals surface area contributed by atoms with E-state index in [1.165, 1.54) is 263 Å². The molecular weight excluding hydrogens is 1110 g/mol. The number of carbonyl (C=O) groups excluding carboxylic acids is 2. The molecule has 2 atom stereocenters. The minimum atomic E-state index is -4.39. The predicted molar refractivity (Wildman–Crippen MR) is 381 cm³/mol. The molecule has 514 valence electrons. The molecule has 0 rings (SSSR count). The summed E-state index contributed by atoms with van der Waals surface area (Å²) in [7, 11) is 1.49. The van der Waals surface area contributed by atoms with Crippen molar-refractivity contribution in [2.45, 2.75) is 367 Å². The minimum absolute atomic E-state index is 0.0330. The van der Waals surface area contributed by atoms with Crippen molar-refractivity contribution in [3.8, 4) is 0 Å². The van der Waals surface area contributed by atoms with Gasteiger partial charge in [-0.25, -0.2) is 4.57 Å². The van der Waals surface area contributed by atoms with E-state index in [0.29, 0.717) is 23.9 Å². The second-order valence-corrected chi connectivity index (χ2v) is 28.1. The molecule has 0 radical (unpaired) electrons. The molecule has 0 aromatic heterocycles. The molecule has 0 aromatic rings. The molecule has 1 N–H and O–H groups in total. The maximum atomic E-state index is 12.9. The topological polar surface area (TPSA) is 108 Å². The Bertz CT molecular complexity index is 1710. The van der Waals surface area contributed by atoms with E-state index >= 15 is 0 Å². The summed E-state index contributed by atoms with van der Waals surface area (Å²) in [6, 6.07) is 0. The van der Waals surface area contributed by atoms with Crippen LogP contribution in [-0.4, -0.2) is 74.9 Å². The third kappa shape index (κ3) is 72.5. The maximum Gasteiger partial charge on any atom is 0.472 e. The summed E-state index contributed by atoms with van der Waals surface area (Å²) in [5.41, 5.74) is 0. The summed E-state index contributed by atoms with van der Waals surface area (Å²) < 4.78 is 34.8. The van der Waals surface area contributed by atoms with Crippen molar-refractivity contribution in [2.24, 2.45) is 0 Å². The SMILES string of the molecule is CC/C=C\C/C=C\C/C=C\C/C=C\C/C=C\CCCCCCCCCCCCCCCCCCCCCCCC(=O)OC(COC(=O)CCCCCCCCCCCCCCCCC/C=C\CCCCCCCCCC)COP(=O)(O)OCC[N+](C)(C)C. The van der Waals surface area contributed by atoms with Crippen molar-refractivity contribution in [3.63, 3.8) is 0 Å². The van der Waals surface area contributed by atoms with Gasteiger partial charge in [0.1, 0.15) is 19.8 Å². The summed E-state index contributed by atoms with van der Waals surface area (Å²) in [4.78, 5) is 35.9. The van der Waals surface area contributed by atoms with E-state index < -0.39 is 26.5 Å². The molecule has 0 bridgehead atoms. The molecule has 0 saturated heterocycles. The Morgan fingerprint density at radius 2 is 0.648 bits per heavy atom. The number of quaternary nitrogens is 1. The third-order valence-corrected chi connectivity index (χ3v) is 17.7. The van der Waals surface area contributed by atoms with Gasteiger partial charge in [0, 0.05) is 12.8 Å². The first-order chi connectivity index (χ1) is 43.0. The predicted octanol–water partition coefficient (Wildman–Crippen LogP) is 24.7. The standard InChI is InChI=1S/C78H144NO8P/c1-6-8-10-12-14-16-18-20-22-24-26-28-30-32-34-35-36-37-38-39-40-41-42-43-45-47-49-51-53-55-57-59-61-63-65-67-69-71-78(81)87-76(75-86-88(82,83)85-73-72-79(3,4)5)74-84-77(80)70-68-66-64-62-60-58-56-54-52-50-48-46-44-33-31-29-27-25-23-21-19-17-15-13-11-9-7-2/h8,10,14,16,20,22,25-28,32,34,76H,6-7,9,11-13,15,17-19,21,23-24,29-31,33,35-75H2,1-5H3/p+1/b10-8-,16-14-,22-20-,27-25-,28-26-,34-32-. The highest BCUT2D eigenvalue weighted by molar-refractivity contribution is 7.47. The summed E-state index contributed by atoms with van der Waals surface area (Å²) in [5.74, 6) is -0.778. The third-order valence-electron chi connectivity index (χ3n) is 16.7. The Kier molecular flexibility index (Phi) is 66.8. The van der Waals surface area contributed by atoms with E-state index in [0.717, 1.165) is 64.2 Å². The lowest BCUT2D eigenvalue weighted by atomic mass is 10.0. The number of phosphoric ester groups is 1. The van der Waals surface area contributed by atoms with Gasteiger partial charge in [0.25, 0.3) is 0 Å². The first-order valence-corrected chi connectivity index (χ1v) is 39.2. The molecule has 0 aromatic carbocycles. The number of hydrogen-bond acceptors (Lipinski definition) is 7. The lowest BCUT2D eigenvalue weighted by Gasteiger charge is -2.24. The summed E-state index contributed by atoms with van der Waals surface area (Å²) in [6.45, 7) is 4.38. The second-order valence-electron chi connectivity index (χ2n) is 26.7. The molecular formula is C78H145NO8P+. The van der Waals surface area contributed by atoms with Crippen LogP contribution in [-0.2, 0) is 32.7 Å². The number of likely N-dealkylation sites (N-methyl/N-ethyl adjacent to an activating group) is 1. The Morgan fingerprint density at radius 3 is 0.977 bits per heavy atom. The van der Waals surface area contributed by atoms with Crippen LogP contribution >= 0.6 is 7.82 Å². The zero-order valence-electron chi connectivity index (χ0n) is 58.7. The van der Waals surface area contributed by atoms with E-state index in [2.05, 4.69) is 86.8 Å². The molecule has 0 heterocycles. The molecule has 0 fully saturated rings. The fourth-order valence-corrected chi connectivity index (χ4v) is 11.7. The van der Waals surface area contributed by atoms with Gasteiger partial charge in [0.15, 0.2) is 6.10 Å². The average molecular weight is 1260 g/mol. The monoisotopic (exact) mass is 1260 g/mol. The molecule has 0 aliphatic rings. The van der Waals surface area contributed by atoms with Crippen LogP contribution < -0.4 is 0 Å². The molecule has 0 aliphatic carbocycles. The average Bonchev–Trinajstić information content (AvgIpc) is 3.68. The molecule has 0 saturated carbocycles. The summed E-state index contributed by atoms with van der Waals surface area (Å²) in [5, 5.41) is 0. The van der Waals surface area contributed by atoms with Gasteiger partial charge in [0.05, 0.1) is 27.7 Å². The largest absolute Gasteiger partial charge is 0.472 e. The molecule has 0 spiro atoms. The number of allylic oxidation sites excluding steroid dienone is 12. The lowest BCUT2D eigenvalue weighted by molar-refractivity contribution is -0.870. The van der Waals surface area contributed by atoms with Crippen LogP contribution in [0.25, 0.3) is 0 Å². The van der Waals surface area contributed by atoms with Crippen molar-refractivity contribution in [1.29, 1.82) is 0 Å². The zero-order valence-corrected chi connectivity index (χ0v) is 59.6. The Morgan fingerprint density at radius 1 is 0.364 bits per heavy atom. The molecule has 0 amide bonds.